The van der Waals surface area contributed by atoms with Gasteiger partial charge in [0.2, 0.25) is 5.78 Å². The Morgan fingerprint density at radius 2 is 1.88 bits per heavy atom. The van der Waals surface area contributed by atoms with Crippen LogP contribution in [0.3, 0.4) is 0 Å². The van der Waals surface area contributed by atoms with Crippen molar-refractivity contribution in [1.29, 1.82) is 5.26 Å². The second kappa shape index (κ2) is 11.0. The van der Waals surface area contributed by atoms with Crippen molar-refractivity contribution in [3.05, 3.63) is 59.8 Å². The number of esters is 1. The number of hydrogen-bond donors (Lipinski definition) is 0. The molecule has 0 spiro atoms. The smallest absolute Gasteiger partial charge is 0.338 e. The molecular weight excluding hydrogens is 408 g/mol. The molecule has 1 heterocycles. The lowest BCUT2D eigenvalue weighted by molar-refractivity contribution is 0.0474. The van der Waals surface area contributed by atoms with Crippen LogP contribution in [0.15, 0.2) is 48.7 Å². The molecular formula is C25H26N2O5. The summed E-state index contributed by atoms with van der Waals surface area (Å²) < 4.78 is 18.4. The zero-order valence-electron chi connectivity index (χ0n) is 18.3. The number of nitriles is 1. The zero-order chi connectivity index (χ0) is 22.9. The average molecular weight is 434 g/mol. The van der Waals surface area contributed by atoms with Gasteiger partial charge in [0.25, 0.3) is 0 Å². The number of para-hydroxylation sites is 1. The first-order valence-corrected chi connectivity index (χ1v) is 10.6. The van der Waals surface area contributed by atoms with Gasteiger partial charge in [-0.05, 0) is 37.6 Å². The van der Waals surface area contributed by atoms with E-state index in [1.54, 1.807) is 24.4 Å². The van der Waals surface area contributed by atoms with E-state index in [2.05, 4.69) is 6.07 Å². The number of ether oxygens (including phenoxy) is 3. The number of nitrogens with zero attached hydrogens (tertiary/aromatic N) is 2. The summed E-state index contributed by atoms with van der Waals surface area (Å²) in [5.41, 5.74) is 1.60. The Balaban J connectivity index is 1.73. The molecule has 0 saturated heterocycles. The van der Waals surface area contributed by atoms with E-state index in [4.69, 9.17) is 19.5 Å². The van der Waals surface area contributed by atoms with E-state index in [0.717, 1.165) is 17.3 Å². The van der Waals surface area contributed by atoms with Crippen molar-refractivity contribution < 1.29 is 23.8 Å². The molecule has 32 heavy (non-hydrogen) atoms. The van der Waals surface area contributed by atoms with Crippen molar-refractivity contribution in [3.63, 3.8) is 0 Å². The number of carbonyl (C=O) groups excluding carboxylic acids is 2. The van der Waals surface area contributed by atoms with Crippen molar-refractivity contribution in [3.8, 4) is 17.6 Å². The predicted molar refractivity (Wildman–Crippen MR) is 120 cm³/mol. The summed E-state index contributed by atoms with van der Waals surface area (Å²) >= 11 is 0. The molecule has 0 aliphatic rings. The number of benzene rings is 2. The fourth-order valence-electron chi connectivity index (χ4n) is 3.35. The summed E-state index contributed by atoms with van der Waals surface area (Å²) in [6.45, 7) is 4.92. The maximum absolute atomic E-state index is 12.8. The van der Waals surface area contributed by atoms with Crippen molar-refractivity contribution in [1.82, 2.24) is 4.57 Å². The molecule has 166 valence electrons. The highest BCUT2D eigenvalue weighted by Crippen LogP contribution is 2.29. The number of carbonyl (C=O) groups is 2. The Hall–Kier alpha value is -3.79. The van der Waals surface area contributed by atoms with Gasteiger partial charge in [-0.15, -0.1) is 0 Å². The van der Waals surface area contributed by atoms with E-state index in [-0.39, 0.29) is 18.0 Å². The van der Waals surface area contributed by atoms with Gasteiger partial charge in [0, 0.05) is 29.2 Å². The Morgan fingerprint density at radius 1 is 1.06 bits per heavy atom. The first-order valence-electron chi connectivity index (χ1n) is 10.6. The number of ketones is 1. The van der Waals surface area contributed by atoms with Crippen LogP contribution >= 0.6 is 0 Å². The van der Waals surface area contributed by atoms with Crippen LogP contribution in [0.4, 0.5) is 0 Å². The van der Waals surface area contributed by atoms with Crippen LogP contribution < -0.4 is 9.47 Å². The molecule has 0 atom stereocenters. The normalized spacial score (nSPS) is 10.5. The third-order valence-electron chi connectivity index (χ3n) is 4.83. The number of Topliss-reactive ketones (excluding diaryl/α,β-unsaturated/α-hetero) is 1. The first-order chi connectivity index (χ1) is 15.6. The van der Waals surface area contributed by atoms with Crippen LogP contribution in [0.25, 0.3) is 10.9 Å². The summed E-state index contributed by atoms with van der Waals surface area (Å²) in [5.74, 6) is 0.0987. The van der Waals surface area contributed by atoms with E-state index < -0.39 is 5.97 Å². The number of aromatic nitrogens is 1. The van der Waals surface area contributed by atoms with Gasteiger partial charge >= 0.3 is 5.97 Å². The molecule has 0 saturated carbocycles. The zero-order valence-corrected chi connectivity index (χ0v) is 18.3. The summed E-state index contributed by atoms with van der Waals surface area (Å²) in [4.78, 5) is 25.4. The van der Waals surface area contributed by atoms with Crippen molar-refractivity contribution >= 4 is 22.7 Å². The fraction of sp³-hybridized carbons (Fsp3) is 0.320. The molecule has 3 aromatic rings. The lowest BCUT2D eigenvalue weighted by Gasteiger charge is -2.12. The minimum atomic E-state index is -0.616. The van der Waals surface area contributed by atoms with Crippen molar-refractivity contribution in [2.45, 2.75) is 33.2 Å². The molecule has 0 unspecified atom stereocenters. The highest BCUT2D eigenvalue weighted by molar-refractivity contribution is 6.09. The Bertz CT molecular complexity index is 1140. The average Bonchev–Trinajstić information content (AvgIpc) is 3.19. The van der Waals surface area contributed by atoms with E-state index in [0.29, 0.717) is 43.2 Å². The molecule has 7 nitrogen and oxygen atoms in total. The van der Waals surface area contributed by atoms with Gasteiger partial charge < -0.3 is 18.8 Å². The monoisotopic (exact) mass is 434 g/mol. The fourth-order valence-corrected chi connectivity index (χ4v) is 3.35. The summed E-state index contributed by atoms with van der Waals surface area (Å²) in [6, 6.07) is 14.4. The number of fused-ring (bicyclic) bond motifs is 1. The summed E-state index contributed by atoms with van der Waals surface area (Å²) in [6.07, 6.45) is 2.90. The van der Waals surface area contributed by atoms with Crippen LogP contribution in [0, 0.1) is 11.3 Å². The molecule has 0 aliphatic carbocycles. The molecule has 0 radical (unpaired) electrons. The highest BCUT2D eigenvalue weighted by atomic mass is 16.5. The Labute approximate surface area is 187 Å². The number of rotatable bonds is 11. The van der Waals surface area contributed by atoms with Crippen LogP contribution in [0.1, 0.15) is 47.4 Å². The number of hydrogen-bond acceptors (Lipinski definition) is 6. The summed E-state index contributed by atoms with van der Waals surface area (Å²) in [7, 11) is 0. The van der Waals surface area contributed by atoms with Crippen molar-refractivity contribution in [2.24, 2.45) is 0 Å². The van der Waals surface area contributed by atoms with Gasteiger partial charge in [0.15, 0.2) is 18.1 Å². The third-order valence-corrected chi connectivity index (χ3v) is 4.83. The van der Waals surface area contributed by atoms with Crippen LogP contribution in [0.5, 0.6) is 11.5 Å². The molecule has 0 N–H and O–H groups in total. The second-order valence-corrected chi connectivity index (χ2v) is 7.10. The van der Waals surface area contributed by atoms with Crippen LogP contribution in [0.2, 0.25) is 0 Å². The third kappa shape index (κ3) is 5.27. The molecule has 2 aromatic carbocycles. The van der Waals surface area contributed by atoms with E-state index in [1.165, 1.54) is 0 Å². The Morgan fingerprint density at radius 3 is 2.62 bits per heavy atom. The number of aryl methyl sites for hydroxylation is 1. The van der Waals surface area contributed by atoms with Gasteiger partial charge in [0.05, 0.1) is 31.3 Å². The Kier molecular flexibility index (Phi) is 7.87. The van der Waals surface area contributed by atoms with Gasteiger partial charge in [-0.2, -0.15) is 5.26 Å². The molecule has 7 heteroatoms. The molecule has 3 rings (SSSR count). The maximum atomic E-state index is 12.8. The largest absolute Gasteiger partial charge is 0.490 e. The van der Waals surface area contributed by atoms with Crippen LogP contribution in [-0.2, 0) is 11.3 Å². The minimum Gasteiger partial charge on any atom is -0.490 e. The minimum absolute atomic E-state index is 0.279. The quantitative estimate of drug-likeness (QED) is 0.319. The topological polar surface area (TPSA) is 90.5 Å². The first kappa shape index (κ1) is 22.9. The SMILES string of the molecule is CCCOc1ccc(C(=O)OCC(=O)c2cn(CCC#N)c3ccccc23)cc1OCC. The van der Waals surface area contributed by atoms with Gasteiger partial charge in [-0.3, -0.25) is 4.79 Å². The standard InChI is InChI=1S/C25H26N2O5/c1-3-14-31-23-11-10-18(15-24(23)30-4-2)25(29)32-17-22(28)20-16-27(13-7-12-26)21-9-6-5-8-19(20)21/h5-6,8-11,15-16H,3-4,7,13-14,17H2,1-2H3. The van der Waals surface area contributed by atoms with Crippen LogP contribution in [-0.4, -0.2) is 36.1 Å². The lowest BCUT2D eigenvalue weighted by atomic mass is 10.1. The molecule has 0 amide bonds. The van der Waals surface area contributed by atoms with E-state index >= 15 is 0 Å². The summed E-state index contributed by atoms with van der Waals surface area (Å²) in [5, 5.41) is 9.64. The lowest BCUT2D eigenvalue weighted by Crippen LogP contribution is -2.14. The van der Waals surface area contributed by atoms with Gasteiger partial charge in [-0.25, -0.2) is 4.79 Å². The molecule has 0 fully saturated rings. The van der Waals surface area contributed by atoms with E-state index in [1.807, 2.05) is 42.7 Å². The predicted octanol–water partition coefficient (Wildman–Crippen LogP) is 4.78. The maximum Gasteiger partial charge on any atom is 0.338 e. The van der Waals surface area contributed by atoms with Gasteiger partial charge in [0.1, 0.15) is 0 Å². The van der Waals surface area contributed by atoms with E-state index in [9.17, 15) is 9.59 Å². The molecule has 0 aliphatic heterocycles. The second-order valence-electron chi connectivity index (χ2n) is 7.10. The van der Waals surface area contributed by atoms with Crippen molar-refractivity contribution in [2.75, 3.05) is 19.8 Å². The molecule has 1 aromatic heterocycles. The molecule has 0 bridgehead atoms. The highest BCUT2D eigenvalue weighted by Gasteiger charge is 2.18. The van der Waals surface area contributed by atoms with Gasteiger partial charge in [-0.1, -0.05) is 25.1 Å².